The molecule has 1 fully saturated rings. The third kappa shape index (κ3) is 3.78. The largest absolute Gasteiger partial charge is 0.324 e. The minimum absolute atomic E-state index is 0.126. The number of nitrogens with one attached hydrogen (secondary N) is 2. The summed E-state index contributed by atoms with van der Waals surface area (Å²) in [6, 6.07) is 4.51. The molecule has 1 aromatic rings. The Hall–Kier alpha value is -0.940. The van der Waals surface area contributed by atoms with Crippen LogP contribution in [0.2, 0.25) is 0 Å². The molecule has 0 aromatic heterocycles. The van der Waals surface area contributed by atoms with Gasteiger partial charge in [-0.2, -0.15) is 0 Å². The summed E-state index contributed by atoms with van der Waals surface area (Å²) in [6.45, 7) is 2.02. The van der Waals surface area contributed by atoms with Crippen molar-refractivity contribution in [2.45, 2.75) is 19.3 Å². The van der Waals surface area contributed by atoms with Gasteiger partial charge in [0.05, 0.1) is 5.69 Å². The maximum absolute atomic E-state index is 13.4. The van der Waals surface area contributed by atoms with Crippen molar-refractivity contribution >= 4 is 27.5 Å². The molecule has 18 heavy (non-hydrogen) atoms. The number of anilines is 1. The number of carbonyl (C=O) groups is 1. The van der Waals surface area contributed by atoms with Crippen molar-refractivity contribution in [2.24, 2.45) is 5.92 Å². The molecule has 3 nitrogen and oxygen atoms in total. The molecule has 2 N–H and O–H groups in total. The summed E-state index contributed by atoms with van der Waals surface area (Å²) in [7, 11) is 0. The lowest BCUT2D eigenvalue weighted by Gasteiger charge is -2.09. The second-order valence-corrected chi connectivity index (χ2v) is 5.49. The van der Waals surface area contributed by atoms with Crippen LogP contribution in [0.5, 0.6) is 0 Å². The van der Waals surface area contributed by atoms with Gasteiger partial charge in [-0.1, -0.05) is 15.9 Å². The molecule has 2 rings (SSSR count). The number of carbonyl (C=O) groups excluding carboxylic acids is 1. The van der Waals surface area contributed by atoms with Gasteiger partial charge in [0.1, 0.15) is 5.82 Å². The molecule has 98 valence electrons. The van der Waals surface area contributed by atoms with Crippen molar-refractivity contribution in [3.8, 4) is 0 Å². The Morgan fingerprint density at radius 1 is 1.56 bits per heavy atom. The molecule has 0 bridgehead atoms. The van der Waals surface area contributed by atoms with Gasteiger partial charge in [0, 0.05) is 10.9 Å². The van der Waals surface area contributed by atoms with Gasteiger partial charge in [-0.3, -0.25) is 4.79 Å². The van der Waals surface area contributed by atoms with Crippen LogP contribution in [0, 0.1) is 11.7 Å². The highest BCUT2D eigenvalue weighted by atomic mass is 79.9. The number of halogens is 2. The highest BCUT2D eigenvalue weighted by Gasteiger charge is 2.16. The molecule has 1 amide bonds. The SMILES string of the molecule is O=C(CCC1CCNC1)Nc1cc(Br)ccc1F. The predicted octanol–water partition coefficient (Wildman–Crippen LogP) is 2.92. The van der Waals surface area contributed by atoms with E-state index in [9.17, 15) is 9.18 Å². The fraction of sp³-hybridized carbons (Fsp3) is 0.462. The van der Waals surface area contributed by atoms with Crippen LogP contribution in [0.25, 0.3) is 0 Å². The standard InChI is InChI=1S/C13H16BrFN2O/c14-10-2-3-11(15)12(7-10)17-13(18)4-1-9-5-6-16-8-9/h2-3,7,9,16H,1,4-6,8H2,(H,17,18). The van der Waals surface area contributed by atoms with E-state index in [2.05, 4.69) is 26.6 Å². The summed E-state index contributed by atoms with van der Waals surface area (Å²) in [5.41, 5.74) is 0.235. The Morgan fingerprint density at radius 2 is 2.39 bits per heavy atom. The first-order valence-electron chi connectivity index (χ1n) is 6.11. The Labute approximate surface area is 114 Å². The van der Waals surface area contributed by atoms with Crippen LogP contribution in [0.3, 0.4) is 0 Å². The third-order valence-corrected chi connectivity index (χ3v) is 3.64. The smallest absolute Gasteiger partial charge is 0.224 e. The highest BCUT2D eigenvalue weighted by Crippen LogP contribution is 2.21. The second kappa shape index (κ2) is 6.29. The van der Waals surface area contributed by atoms with E-state index in [-0.39, 0.29) is 11.6 Å². The van der Waals surface area contributed by atoms with Crippen LogP contribution < -0.4 is 10.6 Å². The Kier molecular flexibility index (Phi) is 4.72. The summed E-state index contributed by atoms with van der Waals surface area (Å²) < 4.78 is 14.2. The lowest BCUT2D eigenvalue weighted by atomic mass is 10.0. The van der Waals surface area contributed by atoms with Crippen molar-refractivity contribution in [2.75, 3.05) is 18.4 Å². The fourth-order valence-electron chi connectivity index (χ4n) is 2.10. The van der Waals surface area contributed by atoms with Crippen LogP contribution in [-0.4, -0.2) is 19.0 Å². The van der Waals surface area contributed by atoms with Gasteiger partial charge in [-0.25, -0.2) is 4.39 Å². The van der Waals surface area contributed by atoms with E-state index in [1.54, 1.807) is 12.1 Å². The average Bonchev–Trinajstić information content (AvgIpc) is 2.84. The molecule has 1 unspecified atom stereocenters. The van der Waals surface area contributed by atoms with Crippen molar-refractivity contribution in [3.05, 3.63) is 28.5 Å². The Bertz CT molecular complexity index is 433. The van der Waals surface area contributed by atoms with Gasteiger partial charge in [0.15, 0.2) is 0 Å². The first-order valence-corrected chi connectivity index (χ1v) is 6.90. The van der Waals surface area contributed by atoms with Gasteiger partial charge >= 0.3 is 0 Å². The van der Waals surface area contributed by atoms with E-state index in [1.807, 2.05) is 0 Å². The van der Waals surface area contributed by atoms with Crippen molar-refractivity contribution in [1.82, 2.24) is 5.32 Å². The molecule has 0 radical (unpaired) electrons. The Balaban J connectivity index is 1.84. The molecule has 0 saturated carbocycles. The lowest BCUT2D eigenvalue weighted by molar-refractivity contribution is -0.116. The molecule has 1 heterocycles. The minimum Gasteiger partial charge on any atom is -0.324 e. The topological polar surface area (TPSA) is 41.1 Å². The summed E-state index contributed by atoms with van der Waals surface area (Å²) in [5.74, 6) is 0.0380. The predicted molar refractivity (Wildman–Crippen MR) is 72.9 cm³/mol. The summed E-state index contributed by atoms with van der Waals surface area (Å²) in [4.78, 5) is 11.7. The minimum atomic E-state index is -0.408. The maximum Gasteiger partial charge on any atom is 0.224 e. The fourth-order valence-corrected chi connectivity index (χ4v) is 2.46. The van der Waals surface area contributed by atoms with E-state index in [4.69, 9.17) is 0 Å². The van der Waals surface area contributed by atoms with E-state index >= 15 is 0 Å². The zero-order chi connectivity index (χ0) is 13.0. The van der Waals surface area contributed by atoms with E-state index < -0.39 is 5.82 Å². The zero-order valence-electron chi connectivity index (χ0n) is 10.0. The van der Waals surface area contributed by atoms with Gasteiger partial charge < -0.3 is 10.6 Å². The lowest BCUT2D eigenvalue weighted by Crippen LogP contribution is -2.15. The normalized spacial score (nSPS) is 18.9. The molecule has 1 saturated heterocycles. The van der Waals surface area contributed by atoms with Crippen LogP contribution in [-0.2, 0) is 4.79 Å². The maximum atomic E-state index is 13.4. The van der Waals surface area contributed by atoms with Gasteiger partial charge in [0.2, 0.25) is 5.91 Å². The summed E-state index contributed by atoms with van der Waals surface area (Å²) in [5, 5.41) is 5.88. The van der Waals surface area contributed by atoms with Crippen LogP contribution >= 0.6 is 15.9 Å². The van der Waals surface area contributed by atoms with E-state index in [0.717, 1.165) is 30.4 Å². The molecule has 0 spiro atoms. The first-order chi connectivity index (χ1) is 8.65. The van der Waals surface area contributed by atoms with Gasteiger partial charge in [-0.15, -0.1) is 0 Å². The molecule has 1 aliphatic rings. The quantitative estimate of drug-likeness (QED) is 0.897. The summed E-state index contributed by atoms with van der Waals surface area (Å²) >= 11 is 3.25. The van der Waals surface area contributed by atoms with E-state index in [1.165, 1.54) is 6.07 Å². The van der Waals surface area contributed by atoms with Crippen molar-refractivity contribution < 1.29 is 9.18 Å². The third-order valence-electron chi connectivity index (χ3n) is 3.14. The number of rotatable bonds is 4. The molecule has 1 atom stereocenters. The monoisotopic (exact) mass is 314 g/mol. The molecule has 1 aliphatic heterocycles. The molecule has 5 heteroatoms. The number of hydrogen-bond acceptors (Lipinski definition) is 2. The van der Waals surface area contributed by atoms with Gasteiger partial charge in [0.25, 0.3) is 0 Å². The molecular weight excluding hydrogens is 299 g/mol. The Morgan fingerprint density at radius 3 is 3.11 bits per heavy atom. The molecule has 1 aromatic carbocycles. The van der Waals surface area contributed by atoms with Gasteiger partial charge in [-0.05, 0) is 50.0 Å². The average molecular weight is 315 g/mol. The van der Waals surface area contributed by atoms with Crippen LogP contribution in [0.15, 0.2) is 22.7 Å². The first kappa shape index (κ1) is 13.5. The number of hydrogen-bond donors (Lipinski definition) is 2. The molecule has 0 aliphatic carbocycles. The van der Waals surface area contributed by atoms with Crippen LogP contribution in [0.4, 0.5) is 10.1 Å². The van der Waals surface area contributed by atoms with Crippen molar-refractivity contribution in [1.29, 1.82) is 0 Å². The zero-order valence-corrected chi connectivity index (χ0v) is 11.6. The second-order valence-electron chi connectivity index (χ2n) is 4.57. The highest BCUT2D eigenvalue weighted by molar-refractivity contribution is 9.10. The number of amides is 1. The van der Waals surface area contributed by atoms with Crippen LogP contribution in [0.1, 0.15) is 19.3 Å². The molecular formula is C13H16BrFN2O. The number of benzene rings is 1. The van der Waals surface area contributed by atoms with E-state index in [0.29, 0.717) is 12.3 Å². The van der Waals surface area contributed by atoms with Crippen molar-refractivity contribution in [3.63, 3.8) is 0 Å². The summed E-state index contributed by atoms with van der Waals surface area (Å²) in [6.07, 6.45) is 2.42.